The monoisotopic (exact) mass is 302 g/mol. The van der Waals surface area contributed by atoms with Crippen LogP contribution in [0.15, 0.2) is 48.5 Å². The summed E-state index contributed by atoms with van der Waals surface area (Å²) < 4.78 is 13.9. The van der Waals surface area contributed by atoms with E-state index in [9.17, 15) is 14.3 Å². The molecule has 0 saturated heterocycles. The van der Waals surface area contributed by atoms with Crippen LogP contribution in [0.3, 0.4) is 0 Å². The minimum Gasteiger partial charge on any atom is -0.550 e. The van der Waals surface area contributed by atoms with Crippen LogP contribution in [0.4, 0.5) is 4.39 Å². The van der Waals surface area contributed by atoms with Crippen molar-refractivity contribution in [3.63, 3.8) is 0 Å². The number of hydrogen-bond acceptors (Lipinski definition) is 2. The van der Waals surface area contributed by atoms with Crippen molar-refractivity contribution in [2.45, 2.75) is 12.8 Å². The number of carbonyl (C=O) groups is 1. The number of hydrogen-bond donors (Lipinski definition) is 0. The van der Waals surface area contributed by atoms with E-state index < -0.39 is 17.7 Å². The fourth-order valence-corrected chi connectivity index (χ4v) is 1.79. The van der Waals surface area contributed by atoms with Gasteiger partial charge in [-0.15, -0.1) is 0 Å². The summed E-state index contributed by atoms with van der Waals surface area (Å²) in [7, 11) is 0. The molecule has 0 aliphatic heterocycles. The molecule has 0 radical (unpaired) electrons. The first-order valence-electron chi connectivity index (χ1n) is 5.65. The Hall–Kier alpha value is -1.24. The van der Waals surface area contributed by atoms with Gasteiger partial charge in [0.05, 0.1) is 0 Å². The molecular formula is C15H16FNaO4. The summed E-state index contributed by atoms with van der Waals surface area (Å²) >= 11 is 0. The molecule has 0 bridgehead atoms. The molecule has 6 heteroatoms. The van der Waals surface area contributed by atoms with E-state index in [-0.39, 0.29) is 40.5 Å². The molecule has 0 spiro atoms. The number of halogens is 1. The second kappa shape index (κ2) is 9.65. The van der Waals surface area contributed by atoms with E-state index in [2.05, 4.69) is 0 Å². The molecule has 1 atom stereocenters. The normalized spacial score (nSPS) is 10.4. The van der Waals surface area contributed by atoms with E-state index in [0.717, 1.165) is 5.56 Å². The van der Waals surface area contributed by atoms with E-state index in [0.29, 0.717) is 11.1 Å². The van der Waals surface area contributed by atoms with Crippen LogP contribution in [-0.2, 0) is 4.79 Å². The van der Waals surface area contributed by atoms with Crippen LogP contribution in [0.25, 0.3) is 11.1 Å². The van der Waals surface area contributed by atoms with Gasteiger partial charge in [-0.3, -0.25) is 0 Å². The molecule has 0 aliphatic carbocycles. The zero-order valence-corrected chi connectivity index (χ0v) is 13.9. The molecule has 0 aliphatic rings. The van der Waals surface area contributed by atoms with E-state index in [1.165, 1.54) is 13.0 Å². The molecule has 21 heavy (non-hydrogen) atoms. The summed E-state index contributed by atoms with van der Waals surface area (Å²) in [5.74, 6) is -2.45. The maximum absolute atomic E-state index is 13.9. The van der Waals surface area contributed by atoms with Crippen LogP contribution < -0.4 is 34.7 Å². The average Bonchev–Trinajstić information content (AvgIpc) is 2.38. The van der Waals surface area contributed by atoms with Gasteiger partial charge < -0.3 is 20.9 Å². The van der Waals surface area contributed by atoms with Gasteiger partial charge in [0.1, 0.15) is 5.82 Å². The number of rotatable bonds is 3. The van der Waals surface area contributed by atoms with E-state index in [1.807, 2.05) is 18.2 Å². The first kappa shape index (κ1) is 22.0. The molecule has 1 unspecified atom stereocenters. The van der Waals surface area contributed by atoms with Gasteiger partial charge in [0.15, 0.2) is 0 Å². The summed E-state index contributed by atoms with van der Waals surface area (Å²) in [5, 5.41) is 10.7. The second-order valence-electron chi connectivity index (χ2n) is 4.15. The first-order chi connectivity index (χ1) is 8.59. The zero-order chi connectivity index (χ0) is 13.1. The Morgan fingerprint density at radius 1 is 1.10 bits per heavy atom. The van der Waals surface area contributed by atoms with Gasteiger partial charge in [-0.2, -0.15) is 0 Å². The summed E-state index contributed by atoms with van der Waals surface area (Å²) in [5.41, 5.74) is 1.64. The fraction of sp³-hybridized carbons (Fsp3) is 0.133. The molecule has 0 saturated carbocycles. The van der Waals surface area contributed by atoms with Crippen molar-refractivity contribution in [3.05, 3.63) is 59.9 Å². The Kier molecular flexibility index (Phi) is 10.1. The summed E-state index contributed by atoms with van der Waals surface area (Å²) in [6.07, 6.45) is 0. The molecule has 2 rings (SSSR count). The third kappa shape index (κ3) is 5.22. The van der Waals surface area contributed by atoms with Crippen LogP contribution in [0, 0.1) is 5.82 Å². The zero-order valence-electron chi connectivity index (χ0n) is 11.9. The fourth-order valence-electron chi connectivity index (χ4n) is 1.79. The largest absolute Gasteiger partial charge is 1.00 e. The Balaban J connectivity index is 0. The molecular weight excluding hydrogens is 286 g/mol. The SMILES string of the molecule is CC(C(=O)[O-])c1ccc(-c2ccccc2)c(F)c1.O.O.[Na+]. The van der Waals surface area contributed by atoms with E-state index >= 15 is 0 Å². The quantitative estimate of drug-likeness (QED) is 0.595. The van der Waals surface area contributed by atoms with Crippen molar-refractivity contribution in [3.8, 4) is 11.1 Å². The smallest absolute Gasteiger partial charge is 0.550 e. The molecule has 4 N–H and O–H groups in total. The van der Waals surface area contributed by atoms with Crippen molar-refractivity contribution < 1.29 is 54.8 Å². The molecule has 108 valence electrons. The van der Waals surface area contributed by atoms with Crippen LogP contribution in [0.5, 0.6) is 0 Å². The van der Waals surface area contributed by atoms with E-state index in [1.54, 1.807) is 24.3 Å². The Morgan fingerprint density at radius 2 is 1.67 bits per heavy atom. The van der Waals surface area contributed by atoms with Crippen LogP contribution in [-0.4, -0.2) is 16.9 Å². The van der Waals surface area contributed by atoms with Crippen molar-refractivity contribution in [2.24, 2.45) is 0 Å². The third-order valence-corrected chi connectivity index (χ3v) is 2.93. The predicted molar refractivity (Wildman–Crippen MR) is 72.5 cm³/mol. The van der Waals surface area contributed by atoms with Gasteiger partial charge in [0, 0.05) is 17.5 Å². The van der Waals surface area contributed by atoms with Gasteiger partial charge >= 0.3 is 29.6 Å². The van der Waals surface area contributed by atoms with Gasteiger partial charge in [-0.25, -0.2) is 4.39 Å². The van der Waals surface area contributed by atoms with Crippen LogP contribution in [0.2, 0.25) is 0 Å². The van der Waals surface area contributed by atoms with Crippen LogP contribution in [0.1, 0.15) is 18.4 Å². The maximum Gasteiger partial charge on any atom is 1.00 e. The van der Waals surface area contributed by atoms with Gasteiger partial charge in [-0.1, -0.05) is 49.4 Å². The van der Waals surface area contributed by atoms with Crippen LogP contribution >= 0.6 is 0 Å². The molecule has 0 fully saturated rings. The summed E-state index contributed by atoms with van der Waals surface area (Å²) in [6, 6.07) is 13.6. The van der Waals surface area contributed by atoms with Crippen molar-refractivity contribution in [1.82, 2.24) is 0 Å². The average molecular weight is 302 g/mol. The standard InChI is InChI=1S/C15H13FO2.Na.2H2O/c1-10(15(17)18)12-7-8-13(14(16)9-12)11-5-3-2-4-6-11;;;/h2-10H,1H3,(H,17,18);;2*1H2/q;+1;;/p-1. The molecule has 2 aromatic carbocycles. The molecule has 0 amide bonds. The molecule has 0 heterocycles. The Morgan fingerprint density at radius 3 is 2.14 bits per heavy atom. The maximum atomic E-state index is 13.9. The molecule has 0 aromatic heterocycles. The van der Waals surface area contributed by atoms with Crippen molar-refractivity contribution >= 4 is 5.97 Å². The summed E-state index contributed by atoms with van der Waals surface area (Å²) in [6.45, 7) is 1.48. The molecule has 2 aromatic rings. The minimum atomic E-state index is -1.21. The summed E-state index contributed by atoms with van der Waals surface area (Å²) in [4.78, 5) is 10.7. The number of aliphatic carboxylic acids is 1. The number of carboxylic acids is 1. The Labute approximate surface area is 144 Å². The van der Waals surface area contributed by atoms with Gasteiger partial charge in [0.2, 0.25) is 0 Å². The minimum absolute atomic E-state index is 0. The third-order valence-electron chi connectivity index (χ3n) is 2.93. The first-order valence-corrected chi connectivity index (χ1v) is 5.65. The molecule has 4 nitrogen and oxygen atoms in total. The van der Waals surface area contributed by atoms with Crippen molar-refractivity contribution in [1.29, 1.82) is 0 Å². The van der Waals surface area contributed by atoms with Crippen molar-refractivity contribution in [2.75, 3.05) is 0 Å². The van der Waals surface area contributed by atoms with E-state index in [4.69, 9.17) is 0 Å². The predicted octanol–water partition coefficient (Wildman–Crippen LogP) is -2.30. The Bertz CT molecular complexity index is 575. The number of benzene rings is 2. The second-order valence-corrected chi connectivity index (χ2v) is 4.15. The topological polar surface area (TPSA) is 103 Å². The number of carbonyl (C=O) groups excluding carboxylic acids is 1. The number of carboxylic acid groups (broad SMARTS) is 1. The van der Waals surface area contributed by atoms with Gasteiger partial charge in [-0.05, 0) is 17.2 Å². The van der Waals surface area contributed by atoms with Gasteiger partial charge in [0.25, 0.3) is 0 Å².